The van der Waals surface area contributed by atoms with Crippen LogP contribution in [0.2, 0.25) is 0 Å². The summed E-state index contributed by atoms with van der Waals surface area (Å²) in [6, 6.07) is 13.7. The molecule has 0 radical (unpaired) electrons. The van der Waals surface area contributed by atoms with Crippen LogP contribution in [0.15, 0.2) is 48.5 Å². The lowest BCUT2D eigenvalue weighted by molar-refractivity contribution is 0.0525. The van der Waals surface area contributed by atoms with Crippen molar-refractivity contribution in [2.75, 3.05) is 6.61 Å². The quantitative estimate of drug-likeness (QED) is 0.724. The van der Waals surface area contributed by atoms with Gasteiger partial charge in [0.1, 0.15) is 5.75 Å². The van der Waals surface area contributed by atoms with Crippen LogP contribution in [0.3, 0.4) is 0 Å². The Balaban J connectivity index is 1.83. The fourth-order valence-electron chi connectivity index (χ4n) is 2.25. The third kappa shape index (κ3) is 3.40. The van der Waals surface area contributed by atoms with Crippen LogP contribution in [0.25, 0.3) is 11.4 Å². The number of benzene rings is 2. The summed E-state index contributed by atoms with van der Waals surface area (Å²) in [4.78, 5) is 13.4. The SMILES string of the molecule is CCOC(=O)c1ccccc1Cn1nnc(-c2ccc(O)cc2)n1. The molecule has 3 rings (SSSR count). The number of nitrogens with zero attached hydrogens (tertiary/aromatic N) is 4. The molecule has 3 aromatic rings. The zero-order chi connectivity index (χ0) is 16.9. The summed E-state index contributed by atoms with van der Waals surface area (Å²) in [5.74, 6) is 0.255. The number of ether oxygens (including phenoxy) is 1. The molecule has 24 heavy (non-hydrogen) atoms. The van der Waals surface area contributed by atoms with Crippen LogP contribution in [0.4, 0.5) is 0 Å². The molecule has 0 saturated carbocycles. The fourth-order valence-corrected chi connectivity index (χ4v) is 2.25. The number of phenolic OH excluding ortho intramolecular Hbond substituents is 1. The maximum atomic E-state index is 12.0. The van der Waals surface area contributed by atoms with E-state index < -0.39 is 0 Å². The lowest BCUT2D eigenvalue weighted by atomic mass is 10.1. The minimum absolute atomic E-state index is 0.175. The molecule has 0 bridgehead atoms. The largest absolute Gasteiger partial charge is 0.508 e. The third-order valence-corrected chi connectivity index (χ3v) is 3.40. The van der Waals surface area contributed by atoms with E-state index in [0.29, 0.717) is 24.5 Å². The first-order chi connectivity index (χ1) is 11.7. The molecule has 0 amide bonds. The first-order valence-electron chi connectivity index (χ1n) is 7.49. The highest BCUT2D eigenvalue weighted by Crippen LogP contribution is 2.18. The fraction of sp³-hybridized carbons (Fsp3) is 0.176. The molecule has 1 aromatic heterocycles. The number of carbonyl (C=O) groups excluding carboxylic acids is 1. The lowest BCUT2D eigenvalue weighted by Gasteiger charge is -2.07. The van der Waals surface area contributed by atoms with Crippen LogP contribution in [-0.2, 0) is 11.3 Å². The number of aromatic hydroxyl groups is 1. The minimum Gasteiger partial charge on any atom is -0.508 e. The van der Waals surface area contributed by atoms with Crippen molar-refractivity contribution in [3.8, 4) is 17.1 Å². The third-order valence-electron chi connectivity index (χ3n) is 3.40. The second kappa shape index (κ2) is 6.91. The number of aromatic nitrogens is 4. The van der Waals surface area contributed by atoms with E-state index in [1.54, 1.807) is 43.3 Å². The predicted octanol–water partition coefficient (Wildman–Crippen LogP) is 2.27. The standard InChI is InChI=1S/C17H16N4O3/c1-2-24-17(23)15-6-4-3-5-13(15)11-21-19-16(18-20-21)12-7-9-14(22)10-8-12/h3-10,22H,2,11H2,1H3. The van der Waals surface area contributed by atoms with Crippen molar-refractivity contribution in [2.24, 2.45) is 0 Å². The Labute approximate surface area is 138 Å². The van der Waals surface area contributed by atoms with E-state index in [1.807, 2.05) is 12.1 Å². The molecule has 0 aliphatic rings. The number of rotatable bonds is 5. The zero-order valence-corrected chi connectivity index (χ0v) is 13.1. The molecule has 0 saturated heterocycles. The predicted molar refractivity (Wildman–Crippen MR) is 86.4 cm³/mol. The molecule has 0 aliphatic heterocycles. The molecule has 0 atom stereocenters. The van der Waals surface area contributed by atoms with Gasteiger partial charge in [0.15, 0.2) is 0 Å². The number of hydrogen-bond acceptors (Lipinski definition) is 6. The van der Waals surface area contributed by atoms with Gasteiger partial charge in [0.05, 0.1) is 18.7 Å². The summed E-state index contributed by atoms with van der Waals surface area (Å²) < 4.78 is 5.06. The molecule has 7 heteroatoms. The molecule has 2 aromatic carbocycles. The van der Waals surface area contributed by atoms with Gasteiger partial charge in [-0.2, -0.15) is 4.80 Å². The summed E-state index contributed by atoms with van der Waals surface area (Å²) in [7, 11) is 0. The molecule has 0 fully saturated rings. The van der Waals surface area contributed by atoms with Crippen molar-refractivity contribution in [1.29, 1.82) is 0 Å². The molecular weight excluding hydrogens is 308 g/mol. The number of tetrazole rings is 1. The van der Waals surface area contributed by atoms with E-state index >= 15 is 0 Å². The van der Waals surface area contributed by atoms with Crippen LogP contribution >= 0.6 is 0 Å². The highest BCUT2D eigenvalue weighted by molar-refractivity contribution is 5.91. The van der Waals surface area contributed by atoms with Gasteiger partial charge in [-0.1, -0.05) is 18.2 Å². The number of carbonyl (C=O) groups is 1. The molecular formula is C17H16N4O3. The van der Waals surface area contributed by atoms with Crippen LogP contribution in [-0.4, -0.2) is 37.9 Å². The Morgan fingerprint density at radius 3 is 2.67 bits per heavy atom. The Kier molecular flexibility index (Phi) is 4.51. The van der Waals surface area contributed by atoms with Crippen molar-refractivity contribution in [2.45, 2.75) is 13.5 Å². The van der Waals surface area contributed by atoms with E-state index in [0.717, 1.165) is 11.1 Å². The summed E-state index contributed by atoms with van der Waals surface area (Å²) in [6.07, 6.45) is 0. The van der Waals surface area contributed by atoms with E-state index in [2.05, 4.69) is 15.4 Å². The number of esters is 1. The first-order valence-corrected chi connectivity index (χ1v) is 7.49. The van der Waals surface area contributed by atoms with Gasteiger partial charge in [0.25, 0.3) is 0 Å². The lowest BCUT2D eigenvalue weighted by Crippen LogP contribution is -2.12. The number of phenols is 1. The Morgan fingerprint density at radius 1 is 1.17 bits per heavy atom. The van der Waals surface area contributed by atoms with Gasteiger partial charge in [-0.25, -0.2) is 4.79 Å². The zero-order valence-electron chi connectivity index (χ0n) is 13.1. The van der Waals surface area contributed by atoms with E-state index in [9.17, 15) is 9.90 Å². The second-order valence-electron chi connectivity index (χ2n) is 5.07. The minimum atomic E-state index is -0.369. The van der Waals surface area contributed by atoms with Gasteiger partial charge >= 0.3 is 5.97 Å². The molecule has 7 nitrogen and oxygen atoms in total. The summed E-state index contributed by atoms with van der Waals surface area (Å²) in [5, 5.41) is 21.7. The molecule has 1 N–H and O–H groups in total. The summed E-state index contributed by atoms with van der Waals surface area (Å²) in [5.41, 5.74) is 1.99. The molecule has 1 heterocycles. The van der Waals surface area contributed by atoms with Gasteiger partial charge in [-0.15, -0.1) is 10.2 Å². The topological polar surface area (TPSA) is 90.1 Å². The van der Waals surface area contributed by atoms with E-state index in [-0.39, 0.29) is 11.7 Å². The average molecular weight is 324 g/mol. The maximum Gasteiger partial charge on any atom is 0.338 e. The van der Waals surface area contributed by atoms with Crippen molar-refractivity contribution >= 4 is 5.97 Å². The van der Waals surface area contributed by atoms with Crippen LogP contribution in [0.5, 0.6) is 5.75 Å². The Hall–Kier alpha value is -3.22. The van der Waals surface area contributed by atoms with Crippen LogP contribution in [0, 0.1) is 0 Å². The average Bonchev–Trinajstić information content (AvgIpc) is 3.05. The van der Waals surface area contributed by atoms with Gasteiger partial charge in [-0.3, -0.25) is 0 Å². The van der Waals surface area contributed by atoms with Crippen molar-refractivity contribution in [3.05, 3.63) is 59.7 Å². The molecule has 0 unspecified atom stereocenters. The van der Waals surface area contributed by atoms with Gasteiger partial charge in [-0.05, 0) is 48.0 Å². The van der Waals surface area contributed by atoms with Crippen molar-refractivity contribution < 1.29 is 14.6 Å². The maximum absolute atomic E-state index is 12.0. The number of hydrogen-bond donors (Lipinski definition) is 1. The molecule has 0 spiro atoms. The van der Waals surface area contributed by atoms with Crippen molar-refractivity contribution in [1.82, 2.24) is 20.2 Å². The summed E-state index contributed by atoms with van der Waals surface area (Å²) in [6.45, 7) is 2.39. The monoisotopic (exact) mass is 324 g/mol. The van der Waals surface area contributed by atoms with Crippen molar-refractivity contribution in [3.63, 3.8) is 0 Å². The Morgan fingerprint density at radius 2 is 1.92 bits per heavy atom. The smallest absolute Gasteiger partial charge is 0.338 e. The van der Waals surface area contributed by atoms with Gasteiger partial charge < -0.3 is 9.84 Å². The van der Waals surface area contributed by atoms with E-state index in [1.165, 1.54) is 4.80 Å². The van der Waals surface area contributed by atoms with Gasteiger partial charge in [0, 0.05) is 5.56 Å². The molecule has 0 aliphatic carbocycles. The summed E-state index contributed by atoms with van der Waals surface area (Å²) >= 11 is 0. The second-order valence-corrected chi connectivity index (χ2v) is 5.07. The first kappa shape index (κ1) is 15.7. The van der Waals surface area contributed by atoms with E-state index in [4.69, 9.17) is 4.74 Å². The Bertz CT molecular complexity index is 843. The molecule has 122 valence electrons. The van der Waals surface area contributed by atoms with Crippen LogP contribution in [0.1, 0.15) is 22.8 Å². The highest BCUT2D eigenvalue weighted by Gasteiger charge is 2.13. The highest BCUT2D eigenvalue weighted by atomic mass is 16.5. The van der Waals surface area contributed by atoms with Crippen LogP contribution < -0.4 is 0 Å². The van der Waals surface area contributed by atoms with Gasteiger partial charge in [0.2, 0.25) is 5.82 Å². The normalized spacial score (nSPS) is 10.5.